The molecule has 39 heavy (non-hydrogen) atoms. The number of ether oxygens (including phenoxy) is 2. The molecule has 0 saturated carbocycles. The molecule has 2 heterocycles. The molecule has 0 spiro atoms. The molecule has 13 heteroatoms. The van der Waals surface area contributed by atoms with E-state index >= 15 is 0 Å². The Balaban J connectivity index is 1.48. The van der Waals surface area contributed by atoms with Gasteiger partial charge in [0.15, 0.2) is 12.3 Å². The number of hydrogen-bond acceptors (Lipinski definition) is 7. The van der Waals surface area contributed by atoms with Gasteiger partial charge in [-0.15, -0.1) is 5.10 Å². The summed E-state index contributed by atoms with van der Waals surface area (Å²) in [5.74, 6) is -0.705. The molecule has 2 aromatic heterocycles. The van der Waals surface area contributed by atoms with Crippen LogP contribution in [0.25, 0.3) is 16.8 Å². The van der Waals surface area contributed by atoms with E-state index in [4.69, 9.17) is 15.2 Å². The predicted molar refractivity (Wildman–Crippen MR) is 138 cm³/mol. The van der Waals surface area contributed by atoms with Crippen molar-refractivity contribution in [2.75, 3.05) is 17.2 Å². The molecule has 4 rings (SSSR count). The molecule has 2 amide bonds. The van der Waals surface area contributed by atoms with Crippen LogP contribution >= 0.6 is 0 Å². The van der Waals surface area contributed by atoms with Crippen molar-refractivity contribution in [2.45, 2.75) is 45.0 Å². The van der Waals surface area contributed by atoms with Crippen molar-refractivity contribution in [1.29, 1.82) is 0 Å². The summed E-state index contributed by atoms with van der Waals surface area (Å²) in [5, 5.41) is 10.0. The van der Waals surface area contributed by atoms with E-state index in [1.807, 2.05) is 18.2 Å². The lowest BCUT2D eigenvalue weighted by molar-refractivity contribution is -0.165. The number of nitrogens with zero attached hydrogens (tertiary/aromatic N) is 3. The molecule has 0 bridgehead atoms. The minimum absolute atomic E-state index is 0.0603. The quantitative estimate of drug-likeness (QED) is 0.389. The lowest BCUT2D eigenvalue weighted by atomic mass is 10.0. The molecule has 0 radical (unpaired) electrons. The first-order valence-electron chi connectivity index (χ1n) is 11.9. The Morgan fingerprint density at radius 3 is 2.44 bits per heavy atom. The molecule has 1 aliphatic rings. The number of carbonyl (C=O) groups excluding carboxylic acids is 2. The third-order valence-electron chi connectivity index (χ3n) is 5.40. The van der Waals surface area contributed by atoms with Crippen molar-refractivity contribution in [1.82, 2.24) is 14.6 Å². The van der Waals surface area contributed by atoms with Crippen LogP contribution in [-0.2, 0) is 14.3 Å². The highest BCUT2D eigenvalue weighted by molar-refractivity contribution is 5.95. The average Bonchev–Trinajstić information content (AvgIpc) is 3.23. The van der Waals surface area contributed by atoms with Crippen LogP contribution in [0.1, 0.15) is 27.2 Å². The number of anilines is 2. The van der Waals surface area contributed by atoms with E-state index in [1.54, 1.807) is 45.2 Å². The monoisotopic (exact) mass is 544 g/mol. The smallest absolute Gasteiger partial charge is 0.422 e. The second kappa shape index (κ2) is 10.7. The summed E-state index contributed by atoms with van der Waals surface area (Å²) in [4.78, 5) is 27.9. The topological polar surface area (TPSA) is 133 Å². The molecule has 1 aliphatic carbocycles. The van der Waals surface area contributed by atoms with E-state index in [2.05, 4.69) is 20.7 Å². The first-order valence-corrected chi connectivity index (χ1v) is 11.9. The Kier molecular flexibility index (Phi) is 7.52. The second-order valence-corrected chi connectivity index (χ2v) is 9.77. The molecule has 3 aromatic rings. The molecule has 0 aliphatic heterocycles. The number of carbonyl (C=O) groups is 2. The molecule has 0 fully saturated rings. The van der Waals surface area contributed by atoms with E-state index in [-0.39, 0.29) is 23.7 Å². The number of pyridine rings is 1. The van der Waals surface area contributed by atoms with Gasteiger partial charge in [-0.2, -0.15) is 18.2 Å². The van der Waals surface area contributed by atoms with Crippen molar-refractivity contribution < 1.29 is 32.2 Å². The zero-order chi connectivity index (χ0) is 28.4. The van der Waals surface area contributed by atoms with Crippen molar-refractivity contribution in [3.63, 3.8) is 0 Å². The van der Waals surface area contributed by atoms with Gasteiger partial charge >= 0.3 is 12.3 Å². The second-order valence-electron chi connectivity index (χ2n) is 9.77. The Morgan fingerprint density at radius 1 is 1.10 bits per heavy atom. The van der Waals surface area contributed by atoms with Crippen molar-refractivity contribution in [3.05, 3.63) is 66.1 Å². The molecular weight excluding hydrogens is 517 g/mol. The van der Waals surface area contributed by atoms with Gasteiger partial charge in [0.1, 0.15) is 11.4 Å². The summed E-state index contributed by atoms with van der Waals surface area (Å²) in [6.07, 6.45) is -0.527. The number of primary amides is 1. The van der Waals surface area contributed by atoms with Gasteiger partial charge in [0.05, 0.1) is 6.04 Å². The van der Waals surface area contributed by atoms with Gasteiger partial charge in [-0.1, -0.05) is 18.2 Å². The maximum absolute atomic E-state index is 12.7. The number of nitrogens with two attached hydrogens (primary N) is 1. The molecule has 206 valence electrons. The highest BCUT2D eigenvalue weighted by atomic mass is 19.4. The van der Waals surface area contributed by atoms with Gasteiger partial charge in [0, 0.05) is 23.0 Å². The molecule has 1 atom stereocenters. The zero-order valence-electron chi connectivity index (χ0n) is 21.4. The Labute approximate surface area is 221 Å². The number of hydrogen-bond donors (Lipinski definition) is 3. The minimum Gasteiger partial charge on any atom is -0.486 e. The highest BCUT2D eigenvalue weighted by Gasteiger charge is 2.31. The van der Waals surface area contributed by atoms with E-state index in [1.165, 1.54) is 16.7 Å². The SMILES string of the molecule is CC(C)(C)OC(=O)Nc1ccc(-c2ccc3nc(NC4CC=C(C(N)=O)C=C4OCC(F)(F)F)nn3c2)cc1. The van der Waals surface area contributed by atoms with Crippen LogP contribution < -0.4 is 16.4 Å². The largest absolute Gasteiger partial charge is 0.486 e. The molecule has 1 unspecified atom stereocenters. The molecular formula is C26H27F3N6O4. The molecule has 1 aromatic carbocycles. The van der Waals surface area contributed by atoms with Crippen molar-refractivity contribution in [3.8, 4) is 11.1 Å². The van der Waals surface area contributed by atoms with E-state index in [0.717, 1.165) is 11.1 Å². The fraction of sp³-hybridized carbons (Fsp3) is 0.308. The van der Waals surface area contributed by atoms with E-state index in [0.29, 0.717) is 11.3 Å². The lowest BCUT2D eigenvalue weighted by Crippen LogP contribution is -2.30. The third-order valence-corrected chi connectivity index (χ3v) is 5.40. The number of amides is 2. The molecule has 10 nitrogen and oxygen atoms in total. The summed E-state index contributed by atoms with van der Waals surface area (Å²) < 4.78 is 50.0. The standard InChI is InChI=1S/C26H27F3N6O4/c1-25(2,3)39-24(37)31-18-8-4-15(5-9-18)17-7-11-21-33-23(34-35(21)13-17)32-19-10-6-16(22(30)36)12-20(19)38-14-26(27,28)29/h4-9,11-13,19H,10,14H2,1-3H3,(H2,30,36)(H,31,37)(H,32,34). The summed E-state index contributed by atoms with van der Waals surface area (Å²) in [6.45, 7) is 3.82. The zero-order valence-corrected chi connectivity index (χ0v) is 21.4. The fourth-order valence-electron chi connectivity index (χ4n) is 3.72. The first-order chi connectivity index (χ1) is 18.3. The van der Waals surface area contributed by atoms with Gasteiger partial charge in [-0.25, -0.2) is 9.31 Å². The van der Waals surface area contributed by atoms with Gasteiger partial charge in [-0.3, -0.25) is 10.1 Å². The van der Waals surface area contributed by atoms with Crippen LogP contribution in [0.5, 0.6) is 0 Å². The number of halogens is 3. The summed E-state index contributed by atoms with van der Waals surface area (Å²) in [5.41, 5.74) is 7.44. The third kappa shape index (κ3) is 7.49. The Morgan fingerprint density at radius 2 is 1.79 bits per heavy atom. The summed E-state index contributed by atoms with van der Waals surface area (Å²) in [7, 11) is 0. The van der Waals surface area contributed by atoms with Gasteiger partial charge in [0.2, 0.25) is 11.9 Å². The van der Waals surface area contributed by atoms with Crippen molar-refractivity contribution in [2.24, 2.45) is 5.73 Å². The van der Waals surface area contributed by atoms with Gasteiger partial charge in [-0.05, 0) is 63.1 Å². The maximum Gasteiger partial charge on any atom is 0.422 e. The van der Waals surface area contributed by atoms with E-state index < -0.39 is 36.4 Å². The van der Waals surface area contributed by atoms with Crippen LogP contribution in [0, 0.1) is 0 Å². The van der Waals surface area contributed by atoms with Crippen LogP contribution in [0.4, 0.5) is 29.6 Å². The number of fused-ring (bicyclic) bond motifs is 1. The Bertz CT molecular complexity index is 1440. The van der Waals surface area contributed by atoms with Crippen LogP contribution in [0.15, 0.2) is 66.1 Å². The summed E-state index contributed by atoms with van der Waals surface area (Å²) >= 11 is 0. The van der Waals surface area contributed by atoms with Gasteiger partial charge < -0.3 is 20.5 Å². The molecule has 0 saturated heterocycles. The maximum atomic E-state index is 12.7. The number of nitrogens with one attached hydrogen (secondary N) is 2. The number of rotatable bonds is 7. The lowest BCUT2D eigenvalue weighted by Gasteiger charge is -2.24. The molecule has 4 N–H and O–H groups in total. The van der Waals surface area contributed by atoms with Crippen molar-refractivity contribution >= 4 is 29.3 Å². The van der Waals surface area contributed by atoms with Crippen LogP contribution in [0.2, 0.25) is 0 Å². The number of alkyl halides is 3. The van der Waals surface area contributed by atoms with E-state index in [9.17, 15) is 22.8 Å². The van der Waals surface area contributed by atoms with Crippen LogP contribution in [0.3, 0.4) is 0 Å². The number of benzene rings is 1. The fourth-order valence-corrected chi connectivity index (χ4v) is 3.72. The number of aromatic nitrogens is 3. The predicted octanol–water partition coefficient (Wildman–Crippen LogP) is 4.80. The summed E-state index contributed by atoms with van der Waals surface area (Å²) in [6, 6.07) is 9.96. The van der Waals surface area contributed by atoms with Crippen LogP contribution in [-0.4, -0.2) is 51.0 Å². The minimum atomic E-state index is -4.55. The average molecular weight is 545 g/mol. The highest BCUT2D eigenvalue weighted by Crippen LogP contribution is 2.26. The first kappa shape index (κ1) is 27.5. The van der Waals surface area contributed by atoms with Gasteiger partial charge in [0.25, 0.3) is 0 Å². The Hall–Kier alpha value is -4.55. The normalized spacial score (nSPS) is 15.8.